The topological polar surface area (TPSA) is 17.1 Å². The van der Waals surface area contributed by atoms with Crippen LogP contribution >= 0.6 is 0 Å². The molecule has 1 heteroatoms. The van der Waals surface area contributed by atoms with Gasteiger partial charge in [-0.2, -0.15) is 0 Å². The average Bonchev–Trinajstić information content (AvgIpc) is 2.47. The quantitative estimate of drug-likeness (QED) is 0.543. The number of aryl methyl sites for hydroxylation is 1. The first-order valence-electron chi connectivity index (χ1n) is 5.88. The molecule has 1 aromatic rings. The van der Waals surface area contributed by atoms with Gasteiger partial charge in [0.15, 0.2) is 5.78 Å². The summed E-state index contributed by atoms with van der Waals surface area (Å²) in [6, 6.07) is 7.97. The molecular weight excluding hydrogens is 196 g/mol. The van der Waals surface area contributed by atoms with Crippen LogP contribution in [0.5, 0.6) is 0 Å². The number of hydrogen-bond donors (Lipinski definition) is 0. The summed E-state index contributed by atoms with van der Waals surface area (Å²) in [6.45, 7) is 0. The van der Waals surface area contributed by atoms with E-state index in [1.165, 1.54) is 5.56 Å². The van der Waals surface area contributed by atoms with Crippen LogP contribution in [-0.4, -0.2) is 5.78 Å². The standard InChI is InChI=1S/C15H16O/c1-2-3-7-13-10-6-9-12-8-4-5-11-14(12)15(13)16/h1,4-5,8,11,13H,3,6-7,9-10H2. The zero-order valence-electron chi connectivity index (χ0n) is 9.41. The van der Waals surface area contributed by atoms with Crippen molar-refractivity contribution in [2.75, 3.05) is 0 Å². The third kappa shape index (κ3) is 2.17. The van der Waals surface area contributed by atoms with Crippen molar-refractivity contribution in [3.63, 3.8) is 0 Å². The number of rotatable bonds is 2. The number of hydrogen-bond acceptors (Lipinski definition) is 1. The zero-order valence-corrected chi connectivity index (χ0v) is 9.41. The molecule has 1 aliphatic rings. The molecular formula is C15H16O. The zero-order chi connectivity index (χ0) is 11.4. The second-order valence-corrected chi connectivity index (χ2v) is 4.35. The van der Waals surface area contributed by atoms with E-state index >= 15 is 0 Å². The summed E-state index contributed by atoms with van der Waals surface area (Å²) in [7, 11) is 0. The number of carbonyl (C=O) groups excluding carboxylic acids is 1. The summed E-state index contributed by atoms with van der Waals surface area (Å²) in [6.07, 6.45) is 9.91. The van der Waals surface area contributed by atoms with Crippen molar-refractivity contribution in [1.29, 1.82) is 0 Å². The van der Waals surface area contributed by atoms with Gasteiger partial charge in [0.05, 0.1) is 0 Å². The molecule has 2 rings (SSSR count). The van der Waals surface area contributed by atoms with Crippen LogP contribution in [0.15, 0.2) is 24.3 Å². The van der Waals surface area contributed by atoms with Crippen molar-refractivity contribution in [2.24, 2.45) is 5.92 Å². The van der Waals surface area contributed by atoms with Crippen LogP contribution in [0, 0.1) is 18.3 Å². The summed E-state index contributed by atoms with van der Waals surface area (Å²) in [5, 5.41) is 0. The highest BCUT2D eigenvalue weighted by Crippen LogP contribution is 2.27. The van der Waals surface area contributed by atoms with Crippen molar-refractivity contribution >= 4 is 5.78 Å². The number of carbonyl (C=O) groups is 1. The number of Topliss-reactive ketones (excluding diaryl/α,β-unsaturated/α-hetero) is 1. The molecule has 1 unspecified atom stereocenters. The van der Waals surface area contributed by atoms with Crippen LogP contribution in [0.25, 0.3) is 0 Å². The highest BCUT2D eigenvalue weighted by molar-refractivity contribution is 5.99. The second kappa shape index (κ2) is 4.99. The molecule has 0 saturated carbocycles. The van der Waals surface area contributed by atoms with E-state index in [2.05, 4.69) is 12.0 Å². The Hall–Kier alpha value is -1.55. The Morgan fingerprint density at radius 3 is 3.00 bits per heavy atom. The van der Waals surface area contributed by atoms with E-state index in [-0.39, 0.29) is 5.92 Å². The third-order valence-electron chi connectivity index (χ3n) is 3.29. The van der Waals surface area contributed by atoms with Gasteiger partial charge in [-0.25, -0.2) is 0 Å². The first-order valence-corrected chi connectivity index (χ1v) is 5.88. The Kier molecular flexibility index (Phi) is 3.41. The molecule has 1 aliphatic carbocycles. The van der Waals surface area contributed by atoms with Crippen LogP contribution in [0.1, 0.15) is 41.6 Å². The highest BCUT2D eigenvalue weighted by atomic mass is 16.1. The molecule has 0 radical (unpaired) electrons. The Labute approximate surface area is 96.9 Å². The maximum absolute atomic E-state index is 12.3. The smallest absolute Gasteiger partial charge is 0.166 e. The summed E-state index contributed by atoms with van der Waals surface area (Å²) in [4.78, 5) is 12.3. The lowest BCUT2D eigenvalue weighted by Gasteiger charge is -2.11. The third-order valence-corrected chi connectivity index (χ3v) is 3.29. The Bertz CT molecular complexity index is 425. The van der Waals surface area contributed by atoms with Gasteiger partial charge in [-0.15, -0.1) is 12.3 Å². The van der Waals surface area contributed by atoms with Crippen LogP contribution in [0.2, 0.25) is 0 Å². The minimum atomic E-state index is 0.139. The lowest BCUT2D eigenvalue weighted by Crippen LogP contribution is -2.13. The molecule has 16 heavy (non-hydrogen) atoms. The van der Waals surface area contributed by atoms with E-state index in [1.54, 1.807) is 0 Å². The van der Waals surface area contributed by atoms with Crippen molar-refractivity contribution in [3.8, 4) is 12.3 Å². The molecule has 0 aliphatic heterocycles. The summed E-state index contributed by atoms with van der Waals surface area (Å²) < 4.78 is 0. The van der Waals surface area contributed by atoms with Crippen LogP contribution in [0.3, 0.4) is 0 Å². The van der Waals surface area contributed by atoms with Gasteiger partial charge in [-0.1, -0.05) is 24.3 Å². The molecule has 0 fully saturated rings. The first-order chi connectivity index (χ1) is 7.83. The lowest BCUT2D eigenvalue weighted by atomic mass is 9.91. The van der Waals surface area contributed by atoms with Gasteiger partial charge in [0.25, 0.3) is 0 Å². The fourth-order valence-electron chi connectivity index (χ4n) is 2.40. The van der Waals surface area contributed by atoms with Gasteiger partial charge >= 0.3 is 0 Å². The Balaban J connectivity index is 2.24. The maximum atomic E-state index is 12.3. The number of benzene rings is 1. The predicted octanol–water partition coefficient (Wildman–Crippen LogP) is 3.24. The molecule has 1 aromatic carbocycles. The highest BCUT2D eigenvalue weighted by Gasteiger charge is 2.24. The Morgan fingerprint density at radius 2 is 2.19 bits per heavy atom. The minimum Gasteiger partial charge on any atom is -0.294 e. The van der Waals surface area contributed by atoms with E-state index in [0.29, 0.717) is 12.2 Å². The normalized spacial score (nSPS) is 19.7. The summed E-state index contributed by atoms with van der Waals surface area (Å²) >= 11 is 0. The van der Waals surface area contributed by atoms with Crippen molar-refractivity contribution in [1.82, 2.24) is 0 Å². The van der Waals surface area contributed by atoms with Crippen molar-refractivity contribution in [2.45, 2.75) is 32.1 Å². The monoisotopic (exact) mass is 212 g/mol. The maximum Gasteiger partial charge on any atom is 0.166 e. The van der Waals surface area contributed by atoms with Crippen molar-refractivity contribution in [3.05, 3.63) is 35.4 Å². The van der Waals surface area contributed by atoms with E-state index < -0.39 is 0 Å². The molecule has 0 saturated heterocycles. The van der Waals surface area contributed by atoms with Gasteiger partial charge < -0.3 is 0 Å². The molecule has 0 aromatic heterocycles. The van der Waals surface area contributed by atoms with Gasteiger partial charge in [0.1, 0.15) is 0 Å². The number of terminal acetylenes is 1. The first kappa shape index (κ1) is 11.0. The fraction of sp³-hybridized carbons (Fsp3) is 0.400. The molecule has 0 N–H and O–H groups in total. The van der Waals surface area contributed by atoms with E-state index in [1.807, 2.05) is 18.2 Å². The van der Waals surface area contributed by atoms with Gasteiger partial charge in [0, 0.05) is 17.9 Å². The van der Waals surface area contributed by atoms with E-state index in [9.17, 15) is 4.79 Å². The second-order valence-electron chi connectivity index (χ2n) is 4.35. The SMILES string of the molecule is C#CCCC1CCCc2ccccc2C1=O. The summed E-state index contributed by atoms with van der Waals surface area (Å²) in [5.41, 5.74) is 2.12. The Morgan fingerprint density at radius 1 is 1.38 bits per heavy atom. The molecule has 0 bridgehead atoms. The molecule has 0 spiro atoms. The minimum absolute atomic E-state index is 0.139. The largest absolute Gasteiger partial charge is 0.294 e. The average molecular weight is 212 g/mol. The molecule has 1 nitrogen and oxygen atoms in total. The number of fused-ring (bicyclic) bond motifs is 1. The predicted molar refractivity (Wildman–Crippen MR) is 65.3 cm³/mol. The summed E-state index contributed by atoms with van der Waals surface area (Å²) in [5.74, 6) is 3.06. The van der Waals surface area contributed by atoms with Crippen LogP contribution in [0.4, 0.5) is 0 Å². The van der Waals surface area contributed by atoms with E-state index in [0.717, 1.165) is 31.2 Å². The lowest BCUT2D eigenvalue weighted by molar-refractivity contribution is 0.0910. The molecule has 0 heterocycles. The van der Waals surface area contributed by atoms with Gasteiger partial charge in [-0.3, -0.25) is 4.79 Å². The van der Waals surface area contributed by atoms with Gasteiger partial charge in [0.2, 0.25) is 0 Å². The van der Waals surface area contributed by atoms with E-state index in [4.69, 9.17) is 6.42 Å². The molecule has 1 atom stereocenters. The van der Waals surface area contributed by atoms with Crippen LogP contribution < -0.4 is 0 Å². The van der Waals surface area contributed by atoms with Crippen molar-refractivity contribution < 1.29 is 4.79 Å². The molecule has 82 valence electrons. The number of ketones is 1. The molecule has 0 amide bonds. The van der Waals surface area contributed by atoms with Gasteiger partial charge in [-0.05, 0) is 31.2 Å². The van der Waals surface area contributed by atoms with Crippen LogP contribution in [-0.2, 0) is 6.42 Å². The fourth-order valence-corrected chi connectivity index (χ4v) is 2.40.